The number of amides is 1. The van der Waals surface area contributed by atoms with Gasteiger partial charge in [-0.15, -0.1) is 0 Å². The molecule has 7 nitrogen and oxygen atoms in total. The van der Waals surface area contributed by atoms with Crippen LogP contribution in [-0.4, -0.2) is 20.1 Å². The summed E-state index contributed by atoms with van der Waals surface area (Å²) in [6.45, 7) is 0.210. The first-order valence-electron chi connectivity index (χ1n) is 7.07. The summed E-state index contributed by atoms with van der Waals surface area (Å²) >= 11 is 0. The van der Waals surface area contributed by atoms with E-state index < -0.39 is 5.91 Å². The van der Waals surface area contributed by atoms with Gasteiger partial charge in [-0.25, -0.2) is 0 Å². The zero-order valence-electron chi connectivity index (χ0n) is 13.3. The molecule has 0 atom stereocenters. The van der Waals surface area contributed by atoms with Crippen molar-refractivity contribution < 1.29 is 18.7 Å². The van der Waals surface area contributed by atoms with Crippen molar-refractivity contribution in [1.82, 2.24) is 5.32 Å². The predicted molar refractivity (Wildman–Crippen MR) is 87.4 cm³/mol. The van der Waals surface area contributed by atoms with Crippen LogP contribution in [0.1, 0.15) is 5.76 Å². The number of hydrogen-bond donors (Lipinski definition) is 2. The molecule has 1 aromatic heterocycles. The third-order valence-corrected chi connectivity index (χ3v) is 3.14. The van der Waals surface area contributed by atoms with Crippen LogP contribution >= 0.6 is 0 Å². The van der Waals surface area contributed by atoms with Gasteiger partial charge >= 0.3 is 0 Å². The molecule has 0 aliphatic carbocycles. The van der Waals surface area contributed by atoms with Gasteiger partial charge in [0.1, 0.15) is 17.4 Å². The molecule has 2 N–H and O–H groups in total. The summed E-state index contributed by atoms with van der Waals surface area (Å²) in [5.74, 6) is 1.23. The molecule has 1 amide bonds. The fourth-order valence-corrected chi connectivity index (χ4v) is 1.91. The number of nitriles is 1. The molecule has 2 aromatic rings. The van der Waals surface area contributed by atoms with E-state index in [2.05, 4.69) is 10.6 Å². The van der Waals surface area contributed by atoms with Gasteiger partial charge in [-0.1, -0.05) is 0 Å². The molecule has 0 unspecified atom stereocenters. The molecule has 24 heavy (non-hydrogen) atoms. The number of benzene rings is 1. The van der Waals surface area contributed by atoms with Crippen molar-refractivity contribution in [1.29, 1.82) is 5.26 Å². The molecule has 124 valence electrons. The second kappa shape index (κ2) is 8.29. The SMILES string of the molecule is COc1ccc(N/C=C(/C#N)C(=O)NCc2ccco2)cc1OC. The maximum absolute atomic E-state index is 12.0. The van der Waals surface area contributed by atoms with Gasteiger partial charge in [-0.3, -0.25) is 4.79 Å². The number of methoxy groups -OCH3 is 2. The minimum atomic E-state index is -0.498. The fourth-order valence-electron chi connectivity index (χ4n) is 1.91. The number of hydrogen-bond acceptors (Lipinski definition) is 6. The highest BCUT2D eigenvalue weighted by Gasteiger charge is 2.10. The number of anilines is 1. The van der Waals surface area contributed by atoms with E-state index in [-0.39, 0.29) is 12.1 Å². The van der Waals surface area contributed by atoms with Crippen LogP contribution in [0.3, 0.4) is 0 Å². The summed E-state index contributed by atoms with van der Waals surface area (Å²) in [6.07, 6.45) is 2.85. The van der Waals surface area contributed by atoms with E-state index in [1.807, 2.05) is 6.07 Å². The minimum absolute atomic E-state index is 0.0589. The second-order valence-electron chi connectivity index (χ2n) is 4.65. The van der Waals surface area contributed by atoms with Crippen LogP contribution < -0.4 is 20.1 Å². The molecule has 0 aliphatic rings. The summed E-state index contributed by atoms with van der Waals surface area (Å²) < 4.78 is 15.5. The van der Waals surface area contributed by atoms with Gasteiger partial charge in [0.05, 0.1) is 27.0 Å². The van der Waals surface area contributed by atoms with Crippen LogP contribution in [0.25, 0.3) is 0 Å². The number of nitrogens with zero attached hydrogens (tertiary/aromatic N) is 1. The van der Waals surface area contributed by atoms with Crippen molar-refractivity contribution in [3.63, 3.8) is 0 Å². The lowest BCUT2D eigenvalue weighted by molar-refractivity contribution is -0.117. The van der Waals surface area contributed by atoms with Gasteiger partial charge < -0.3 is 24.5 Å². The van der Waals surface area contributed by atoms with E-state index in [0.717, 1.165) is 0 Å². The molecule has 2 rings (SSSR count). The predicted octanol–water partition coefficient (Wildman–Crippen LogP) is 2.43. The Morgan fingerprint density at radius 2 is 2.08 bits per heavy atom. The number of nitrogens with one attached hydrogen (secondary N) is 2. The molecule has 7 heteroatoms. The van der Waals surface area contributed by atoms with Crippen molar-refractivity contribution >= 4 is 11.6 Å². The highest BCUT2D eigenvalue weighted by molar-refractivity contribution is 5.97. The van der Waals surface area contributed by atoms with Crippen LogP contribution in [0.15, 0.2) is 52.8 Å². The normalized spacial score (nSPS) is 10.6. The number of carbonyl (C=O) groups is 1. The van der Waals surface area contributed by atoms with E-state index in [9.17, 15) is 4.79 Å². The van der Waals surface area contributed by atoms with Gasteiger partial charge in [0.15, 0.2) is 11.5 Å². The van der Waals surface area contributed by atoms with E-state index in [1.165, 1.54) is 19.6 Å². The summed E-state index contributed by atoms with van der Waals surface area (Å²) in [7, 11) is 3.07. The summed E-state index contributed by atoms with van der Waals surface area (Å²) in [5, 5.41) is 14.6. The van der Waals surface area contributed by atoms with Gasteiger partial charge in [-0.2, -0.15) is 5.26 Å². The largest absolute Gasteiger partial charge is 0.493 e. The zero-order valence-corrected chi connectivity index (χ0v) is 13.3. The second-order valence-corrected chi connectivity index (χ2v) is 4.65. The van der Waals surface area contributed by atoms with Crippen LogP contribution in [0.5, 0.6) is 11.5 Å². The Labute approximate surface area is 139 Å². The van der Waals surface area contributed by atoms with E-state index in [1.54, 1.807) is 37.4 Å². The quantitative estimate of drug-likeness (QED) is 0.599. The Hall–Kier alpha value is -3.40. The molecular weight excluding hydrogens is 310 g/mol. The standard InChI is InChI=1S/C17H17N3O4/c1-22-15-6-5-13(8-16(15)23-2)19-10-12(9-18)17(21)20-11-14-4-3-7-24-14/h3-8,10,19H,11H2,1-2H3,(H,20,21)/b12-10-. The van der Waals surface area contributed by atoms with Crippen molar-refractivity contribution in [2.24, 2.45) is 0 Å². The van der Waals surface area contributed by atoms with Crippen molar-refractivity contribution in [2.45, 2.75) is 6.54 Å². The highest BCUT2D eigenvalue weighted by atomic mass is 16.5. The van der Waals surface area contributed by atoms with Crippen molar-refractivity contribution in [3.05, 3.63) is 54.1 Å². The zero-order chi connectivity index (χ0) is 17.4. The number of carbonyl (C=O) groups excluding carboxylic acids is 1. The number of ether oxygens (including phenoxy) is 2. The molecule has 0 saturated carbocycles. The van der Waals surface area contributed by atoms with Crippen molar-refractivity contribution in [2.75, 3.05) is 19.5 Å². The van der Waals surface area contributed by atoms with Crippen LogP contribution in [0, 0.1) is 11.3 Å². The first-order chi connectivity index (χ1) is 11.7. The smallest absolute Gasteiger partial charge is 0.263 e. The molecule has 0 radical (unpaired) electrons. The van der Waals surface area contributed by atoms with Gasteiger partial charge in [0, 0.05) is 18.0 Å². The molecule has 0 saturated heterocycles. The molecule has 0 spiro atoms. The third-order valence-electron chi connectivity index (χ3n) is 3.14. The first kappa shape index (κ1) is 17.0. The topological polar surface area (TPSA) is 96.5 Å². The molecule has 0 fully saturated rings. The highest BCUT2D eigenvalue weighted by Crippen LogP contribution is 2.29. The number of rotatable bonds is 7. The van der Waals surface area contributed by atoms with Gasteiger partial charge in [0.2, 0.25) is 0 Å². The molecular formula is C17H17N3O4. The molecule has 1 heterocycles. The molecule has 1 aromatic carbocycles. The average Bonchev–Trinajstić information content (AvgIpc) is 3.13. The Morgan fingerprint density at radius 1 is 1.29 bits per heavy atom. The van der Waals surface area contributed by atoms with Crippen LogP contribution in [0.2, 0.25) is 0 Å². The fraction of sp³-hybridized carbons (Fsp3) is 0.176. The Bertz CT molecular complexity index is 761. The summed E-state index contributed by atoms with van der Waals surface area (Å²) in [4.78, 5) is 12.0. The third kappa shape index (κ3) is 4.30. The lowest BCUT2D eigenvalue weighted by Gasteiger charge is -2.09. The molecule has 0 aliphatic heterocycles. The summed E-state index contributed by atoms with van der Waals surface area (Å²) in [5.41, 5.74) is 0.593. The van der Waals surface area contributed by atoms with E-state index >= 15 is 0 Å². The first-order valence-corrected chi connectivity index (χ1v) is 7.07. The van der Waals surface area contributed by atoms with Crippen molar-refractivity contribution in [3.8, 4) is 17.6 Å². The van der Waals surface area contributed by atoms with Gasteiger partial charge in [0.25, 0.3) is 5.91 Å². The lowest BCUT2D eigenvalue weighted by atomic mass is 10.2. The van der Waals surface area contributed by atoms with Crippen LogP contribution in [0.4, 0.5) is 5.69 Å². The summed E-state index contributed by atoms with van der Waals surface area (Å²) in [6, 6.07) is 10.5. The Balaban J connectivity index is 2.02. The maximum atomic E-state index is 12.0. The average molecular weight is 327 g/mol. The van der Waals surface area contributed by atoms with E-state index in [0.29, 0.717) is 22.9 Å². The minimum Gasteiger partial charge on any atom is -0.493 e. The Morgan fingerprint density at radius 3 is 2.71 bits per heavy atom. The number of furan rings is 1. The van der Waals surface area contributed by atoms with Gasteiger partial charge in [-0.05, 0) is 24.3 Å². The monoisotopic (exact) mass is 327 g/mol. The maximum Gasteiger partial charge on any atom is 0.263 e. The van der Waals surface area contributed by atoms with Crippen LogP contribution in [-0.2, 0) is 11.3 Å². The van der Waals surface area contributed by atoms with E-state index in [4.69, 9.17) is 19.2 Å². The lowest BCUT2D eigenvalue weighted by Crippen LogP contribution is -2.24. The Kier molecular flexibility index (Phi) is 5.86. The molecule has 0 bridgehead atoms.